The molecule has 0 aliphatic carbocycles. The summed E-state index contributed by atoms with van der Waals surface area (Å²) in [6.45, 7) is 1.95. The quantitative estimate of drug-likeness (QED) is 0.250. The summed E-state index contributed by atoms with van der Waals surface area (Å²) in [5, 5.41) is 28.3. The minimum Gasteiger partial charge on any atom is -0.506 e. The Morgan fingerprint density at radius 3 is 2.24 bits per heavy atom. The number of amides is 1. The normalized spacial score (nSPS) is 10.6. The van der Waals surface area contributed by atoms with Gasteiger partial charge >= 0.3 is 0 Å². The molecule has 4 aromatic rings. The Morgan fingerprint density at radius 2 is 1.65 bits per heavy atom. The molecule has 0 saturated carbocycles. The van der Waals surface area contributed by atoms with Crippen molar-refractivity contribution in [3.8, 4) is 28.1 Å². The second-order valence-electron chi connectivity index (χ2n) is 7.36. The van der Waals surface area contributed by atoms with Crippen molar-refractivity contribution in [2.45, 2.75) is 13.5 Å². The molecule has 1 aromatic heterocycles. The molecule has 3 aromatic carbocycles. The van der Waals surface area contributed by atoms with Gasteiger partial charge in [0.25, 0.3) is 17.2 Å². The van der Waals surface area contributed by atoms with Crippen LogP contribution >= 0.6 is 0 Å². The van der Waals surface area contributed by atoms with Crippen LogP contribution in [0.3, 0.4) is 0 Å². The van der Waals surface area contributed by atoms with Gasteiger partial charge in [-0.05, 0) is 18.6 Å². The monoisotopic (exact) mass is 456 g/mol. The fraction of sp³-hybridized carbons (Fsp3) is 0.0800. The van der Waals surface area contributed by atoms with Gasteiger partial charge in [0.15, 0.2) is 0 Å². The van der Waals surface area contributed by atoms with E-state index in [2.05, 4.69) is 10.4 Å². The molecule has 0 spiro atoms. The summed E-state index contributed by atoms with van der Waals surface area (Å²) in [6.07, 6.45) is 0. The van der Waals surface area contributed by atoms with Crippen molar-refractivity contribution in [1.82, 2.24) is 9.78 Å². The molecule has 2 N–H and O–H groups in total. The molecule has 0 atom stereocenters. The van der Waals surface area contributed by atoms with Crippen LogP contribution in [0.1, 0.15) is 17.3 Å². The third kappa shape index (κ3) is 4.26. The number of aromatic hydroxyl groups is 1. The molecule has 1 heterocycles. The van der Waals surface area contributed by atoms with E-state index in [1.54, 1.807) is 31.2 Å². The van der Waals surface area contributed by atoms with Gasteiger partial charge in [0.1, 0.15) is 11.3 Å². The van der Waals surface area contributed by atoms with Crippen LogP contribution < -0.4 is 10.9 Å². The third-order valence-corrected chi connectivity index (χ3v) is 5.23. The molecule has 0 unspecified atom stereocenters. The lowest BCUT2D eigenvalue weighted by Gasteiger charge is -2.17. The molecule has 0 aliphatic rings. The van der Waals surface area contributed by atoms with Gasteiger partial charge in [0, 0.05) is 29.8 Å². The van der Waals surface area contributed by atoms with Crippen LogP contribution in [0, 0.1) is 10.1 Å². The van der Waals surface area contributed by atoms with E-state index in [4.69, 9.17) is 0 Å². The highest BCUT2D eigenvalue weighted by molar-refractivity contribution is 6.11. The number of aryl methyl sites for hydroxylation is 1. The van der Waals surface area contributed by atoms with Crippen molar-refractivity contribution in [3.63, 3.8) is 0 Å². The Labute approximate surface area is 194 Å². The standard InChI is InChI=1S/C25H20N4O5/c1-2-28-25(32)22(24(31)26-19-15-18(29(33)34)13-14-20(19)30)21(16-9-5-3-6-10-16)23(27-28)17-11-7-4-8-12-17/h3-15,30H,2H2,1H3,(H,26,31). The van der Waals surface area contributed by atoms with Gasteiger partial charge in [-0.25, -0.2) is 4.68 Å². The van der Waals surface area contributed by atoms with E-state index in [1.807, 2.05) is 36.4 Å². The first-order valence-electron chi connectivity index (χ1n) is 10.5. The molecule has 0 radical (unpaired) electrons. The Bertz CT molecular complexity index is 1430. The summed E-state index contributed by atoms with van der Waals surface area (Å²) in [5.74, 6) is -1.19. The maximum absolute atomic E-state index is 13.5. The van der Waals surface area contributed by atoms with Crippen molar-refractivity contribution >= 4 is 17.3 Å². The fourth-order valence-corrected chi connectivity index (χ4v) is 3.60. The van der Waals surface area contributed by atoms with Crippen LogP contribution in [0.5, 0.6) is 5.75 Å². The van der Waals surface area contributed by atoms with Gasteiger partial charge in [0.05, 0.1) is 16.3 Å². The summed E-state index contributed by atoms with van der Waals surface area (Å²) in [5.41, 5.74) is 0.751. The van der Waals surface area contributed by atoms with Crippen LogP contribution in [-0.2, 0) is 6.54 Å². The number of benzene rings is 3. The van der Waals surface area contributed by atoms with E-state index in [0.717, 1.165) is 18.2 Å². The number of hydrogen-bond acceptors (Lipinski definition) is 6. The minimum atomic E-state index is -0.818. The molecule has 34 heavy (non-hydrogen) atoms. The number of nitro groups is 1. The van der Waals surface area contributed by atoms with Crippen molar-refractivity contribution in [2.24, 2.45) is 0 Å². The lowest BCUT2D eigenvalue weighted by atomic mass is 9.95. The molecule has 0 fully saturated rings. The summed E-state index contributed by atoms with van der Waals surface area (Å²) in [6, 6.07) is 21.3. The Kier molecular flexibility index (Phi) is 6.18. The molecule has 1 amide bonds. The highest BCUT2D eigenvalue weighted by atomic mass is 16.6. The zero-order chi connectivity index (χ0) is 24.2. The summed E-state index contributed by atoms with van der Waals surface area (Å²) < 4.78 is 1.19. The van der Waals surface area contributed by atoms with E-state index < -0.39 is 16.4 Å². The fourth-order valence-electron chi connectivity index (χ4n) is 3.60. The summed E-state index contributed by atoms with van der Waals surface area (Å²) in [4.78, 5) is 37.3. The number of nitrogens with zero attached hydrogens (tertiary/aromatic N) is 3. The van der Waals surface area contributed by atoms with Gasteiger partial charge in [-0.15, -0.1) is 0 Å². The average Bonchev–Trinajstić information content (AvgIpc) is 2.85. The number of aromatic nitrogens is 2. The van der Waals surface area contributed by atoms with E-state index in [0.29, 0.717) is 22.4 Å². The molecule has 170 valence electrons. The number of rotatable bonds is 6. The Hall–Kier alpha value is -4.79. The van der Waals surface area contributed by atoms with E-state index >= 15 is 0 Å². The molecule has 0 bridgehead atoms. The minimum absolute atomic E-state index is 0.182. The van der Waals surface area contributed by atoms with Crippen molar-refractivity contribution in [3.05, 3.63) is 105 Å². The highest BCUT2D eigenvalue weighted by Crippen LogP contribution is 2.33. The molecular weight excluding hydrogens is 436 g/mol. The number of carbonyl (C=O) groups is 1. The van der Waals surface area contributed by atoms with Gasteiger partial charge in [0.2, 0.25) is 0 Å². The maximum atomic E-state index is 13.5. The van der Waals surface area contributed by atoms with Crippen LogP contribution in [0.2, 0.25) is 0 Å². The zero-order valence-corrected chi connectivity index (χ0v) is 18.1. The van der Waals surface area contributed by atoms with Crippen molar-refractivity contribution in [2.75, 3.05) is 5.32 Å². The van der Waals surface area contributed by atoms with Crippen LogP contribution in [0.4, 0.5) is 11.4 Å². The highest BCUT2D eigenvalue weighted by Gasteiger charge is 2.26. The number of carbonyl (C=O) groups excluding carboxylic acids is 1. The first-order valence-corrected chi connectivity index (χ1v) is 10.5. The van der Waals surface area contributed by atoms with Crippen molar-refractivity contribution < 1.29 is 14.8 Å². The molecule has 9 heteroatoms. The number of phenols is 1. The maximum Gasteiger partial charge on any atom is 0.280 e. The predicted octanol–water partition coefficient (Wildman–Crippen LogP) is 4.46. The number of non-ortho nitro benzene ring substituents is 1. The molecule has 9 nitrogen and oxygen atoms in total. The average molecular weight is 456 g/mol. The Balaban J connectivity index is 1.96. The number of anilines is 1. The first kappa shape index (κ1) is 22.4. The lowest BCUT2D eigenvalue weighted by Crippen LogP contribution is -2.32. The largest absolute Gasteiger partial charge is 0.506 e. The topological polar surface area (TPSA) is 127 Å². The van der Waals surface area contributed by atoms with Crippen LogP contribution in [0.15, 0.2) is 83.7 Å². The molecule has 0 aliphatic heterocycles. The van der Waals surface area contributed by atoms with Crippen molar-refractivity contribution in [1.29, 1.82) is 0 Å². The van der Waals surface area contributed by atoms with E-state index in [9.17, 15) is 24.8 Å². The number of nitro benzene ring substituents is 1. The van der Waals surface area contributed by atoms with Gasteiger partial charge < -0.3 is 10.4 Å². The molecule has 4 rings (SSSR count). The van der Waals surface area contributed by atoms with Gasteiger partial charge in [-0.1, -0.05) is 60.7 Å². The number of phenolic OH excluding ortho intramolecular Hbond substituents is 1. The second-order valence-corrected chi connectivity index (χ2v) is 7.36. The van der Waals surface area contributed by atoms with Gasteiger partial charge in [-0.3, -0.25) is 19.7 Å². The smallest absolute Gasteiger partial charge is 0.280 e. The van der Waals surface area contributed by atoms with E-state index in [-0.39, 0.29) is 29.2 Å². The summed E-state index contributed by atoms with van der Waals surface area (Å²) >= 11 is 0. The second kappa shape index (κ2) is 9.37. The number of nitrogens with one attached hydrogen (secondary N) is 1. The summed E-state index contributed by atoms with van der Waals surface area (Å²) in [7, 11) is 0. The third-order valence-electron chi connectivity index (χ3n) is 5.23. The molecule has 0 saturated heterocycles. The zero-order valence-electron chi connectivity index (χ0n) is 18.1. The molecular formula is C25H20N4O5. The van der Waals surface area contributed by atoms with E-state index in [1.165, 1.54) is 4.68 Å². The number of hydrogen-bond donors (Lipinski definition) is 2. The van der Waals surface area contributed by atoms with Gasteiger partial charge in [-0.2, -0.15) is 5.10 Å². The van der Waals surface area contributed by atoms with Crippen LogP contribution in [-0.4, -0.2) is 25.7 Å². The predicted molar refractivity (Wildman–Crippen MR) is 128 cm³/mol. The first-order chi connectivity index (χ1) is 16.4. The lowest BCUT2D eigenvalue weighted by molar-refractivity contribution is -0.384. The Morgan fingerprint density at radius 1 is 1.03 bits per heavy atom. The SMILES string of the molecule is CCn1nc(-c2ccccc2)c(-c2ccccc2)c(C(=O)Nc2cc([N+](=O)[O-])ccc2O)c1=O. The van der Waals surface area contributed by atoms with Crippen LogP contribution in [0.25, 0.3) is 22.4 Å².